The highest BCUT2D eigenvalue weighted by Crippen LogP contribution is 2.47. The first-order valence-corrected chi connectivity index (χ1v) is 11.2. The average molecular weight is 452 g/mol. The number of hydrogen-bond donors (Lipinski definition) is 2. The van der Waals surface area contributed by atoms with Crippen molar-refractivity contribution in [3.05, 3.63) is 52.1 Å². The van der Waals surface area contributed by atoms with Gasteiger partial charge in [0.1, 0.15) is 28.3 Å². The summed E-state index contributed by atoms with van der Waals surface area (Å²) in [6.45, 7) is 5.35. The standard InChI is InChI=1S/C22H25N7O2S/c1-12-8-14(15-10-22(2)26-19(30)17(12)29(15)22)25-18-13-9-16(32-20(13)24-11-23-18)21(31)28(5)7-6-27(3)4/h8-11H,6-7H2,1-5H3,(H,26,30)(H,23,24,25). The van der Waals surface area contributed by atoms with Gasteiger partial charge in [0.05, 0.1) is 21.7 Å². The fourth-order valence-corrected chi connectivity index (χ4v) is 5.25. The zero-order valence-corrected chi connectivity index (χ0v) is 19.5. The molecule has 0 radical (unpaired) electrons. The highest BCUT2D eigenvalue weighted by Gasteiger charge is 2.53. The molecule has 5 rings (SSSR count). The zero-order chi connectivity index (χ0) is 22.8. The summed E-state index contributed by atoms with van der Waals surface area (Å²) in [5.74, 6) is 0.548. The Kier molecular flexibility index (Phi) is 4.61. The number of aromatic nitrogens is 2. The van der Waals surface area contributed by atoms with Crippen molar-refractivity contribution < 1.29 is 9.59 Å². The first kappa shape index (κ1) is 20.7. The van der Waals surface area contributed by atoms with Crippen LogP contribution in [0.15, 0.2) is 47.2 Å². The highest BCUT2D eigenvalue weighted by molar-refractivity contribution is 7.20. The fraction of sp³-hybridized carbons (Fsp3) is 0.364. The molecule has 5 heterocycles. The molecule has 2 amide bonds. The van der Waals surface area contributed by atoms with Gasteiger partial charge in [-0.25, -0.2) is 9.97 Å². The maximum absolute atomic E-state index is 12.9. The van der Waals surface area contributed by atoms with E-state index in [-0.39, 0.29) is 11.8 Å². The molecule has 0 saturated carbocycles. The van der Waals surface area contributed by atoms with Gasteiger partial charge >= 0.3 is 0 Å². The molecule has 1 unspecified atom stereocenters. The van der Waals surface area contributed by atoms with E-state index in [1.54, 1.807) is 4.90 Å². The van der Waals surface area contributed by atoms with Crippen molar-refractivity contribution in [1.29, 1.82) is 0 Å². The Balaban J connectivity index is 1.45. The minimum absolute atomic E-state index is 0.0276. The molecule has 3 aliphatic heterocycles. The third kappa shape index (κ3) is 3.09. The van der Waals surface area contributed by atoms with E-state index in [1.807, 2.05) is 63.0 Å². The van der Waals surface area contributed by atoms with Gasteiger partial charge in [-0.1, -0.05) is 0 Å². The predicted molar refractivity (Wildman–Crippen MR) is 124 cm³/mol. The van der Waals surface area contributed by atoms with Crippen molar-refractivity contribution in [2.45, 2.75) is 19.5 Å². The maximum Gasteiger partial charge on any atom is 0.270 e. The Morgan fingerprint density at radius 2 is 2.06 bits per heavy atom. The van der Waals surface area contributed by atoms with Crippen LogP contribution in [0, 0.1) is 0 Å². The molecule has 1 atom stereocenters. The Morgan fingerprint density at radius 1 is 1.28 bits per heavy atom. The number of carbonyl (C=O) groups excluding carboxylic acids is 2. The normalized spacial score (nSPS) is 21.3. The zero-order valence-electron chi connectivity index (χ0n) is 18.7. The molecule has 32 heavy (non-hydrogen) atoms. The average Bonchev–Trinajstić information content (AvgIpc) is 3.25. The van der Waals surface area contributed by atoms with Crippen LogP contribution in [-0.2, 0) is 4.79 Å². The van der Waals surface area contributed by atoms with Crippen LogP contribution in [0.25, 0.3) is 10.2 Å². The second kappa shape index (κ2) is 7.14. The summed E-state index contributed by atoms with van der Waals surface area (Å²) < 4.78 is 0. The Morgan fingerprint density at radius 3 is 2.81 bits per heavy atom. The number of likely N-dealkylation sites (N-methyl/N-ethyl adjacent to an activating group) is 2. The van der Waals surface area contributed by atoms with E-state index < -0.39 is 5.66 Å². The summed E-state index contributed by atoms with van der Waals surface area (Å²) in [5.41, 5.74) is 2.90. The van der Waals surface area contributed by atoms with E-state index >= 15 is 0 Å². The van der Waals surface area contributed by atoms with E-state index in [4.69, 9.17) is 0 Å². The number of nitrogens with one attached hydrogen (secondary N) is 2. The van der Waals surface area contributed by atoms with Crippen LogP contribution in [0.1, 0.15) is 23.5 Å². The summed E-state index contributed by atoms with van der Waals surface area (Å²) in [7, 11) is 5.78. The Bertz CT molecular complexity index is 1260. The largest absolute Gasteiger partial charge is 0.340 e. The van der Waals surface area contributed by atoms with Gasteiger partial charge in [0.25, 0.3) is 11.8 Å². The lowest BCUT2D eigenvalue weighted by atomic mass is 9.93. The number of carbonyl (C=O) groups is 2. The first-order chi connectivity index (χ1) is 15.2. The summed E-state index contributed by atoms with van der Waals surface area (Å²) in [4.78, 5) is 41.2. The number of nitrogens with zero attached hydrogens (tertiary/aromatic N) is 5. The van der Waals surface area contributed by atoms with Crippen molar-refractivity contribution >= 4 is 39.2 Å². The SMILES string of the molecule is CC1=C2C(=O)NC3(C)C=C(C(Nc4ncnc5sc(C(=O)N(C)CCN(C)C)cc45)=C1)N23. The molecule has 0 aromatic carbocycles. The molecule has 10 heteroatoms. The summed E-state index contributed by atoms with van der Waals surface area (Å²) in [6, 6.07) is 1.86. The van der Waals surface area contributed by atoms with Gasteiger partial charge < -0.3 is 25.3 Å². The molecule has 3 aliphatic rings. The molecule has 2 N–H and O–H groups in total. The number of anilines is 1. The lowest BCUT2D eigenvalue weighted by Crippen LogP contribution is -2.55. The van der Waals surface area contributed by atoms with Crippen LogP contribution in [0.4, 0.5) is 5.82 Å². The number of fused-ring (bicyclic) bond motifs is 1. The fourth-order valence-electron chi connectivity index (χ4n) is 4.26. The highest BCUT2D eigenvalue weighted by atomic mass is 32.1. The minimum Gasteiger partial charge on any atom is -0.340 e. The summed E-state index contributed by atoms with van der Waals surface area (Å²) >= 11 is 1.37. The van der Waals surface area contributed by atoms with Crippen LogP contribution in [-0.4, -0.2) is 76.4 Å². The monoisotopic (exact) mass is 451 g/mol. The number of rotatable bonds is 6. The molecule has 166 valence electrons. The maximum atomic E-state index is 12.9. The molecule has 1 fully saturated rings. The van der Waals surface area contributed by atoms with Crippen LogP contribution in [0.5, 0.6) is 0 Å². The van der Waals surface area contributed by atoms with Crippen LogP contribution in [0.3, 0.4) is 0 Å². The van der Waals surface area contributed by atoms with Crippen molar-refractivity contribution in [3.8, 4) is 0 Å². The quantitative estimate of drug-likeness (QED) is 0.693. The van der Waals surface area contributed by atoms with E-state index in [0.29, 0.717) is 22.9 Å². The second-order valence-corrected chi connectivity index (χ2v) is 9.79. The third-order valence-corrected chi connectivity index (χ3v) is 6.99. The van der Waals surface area contributed by atoms with E-state index in [0.717, 1.165) is 33.7 Å². The molecule has 0 spiro atoms. The van der Waals surface area contributed by atoms with E-state index in [1.165, 1.54) is 17.7 Å². The molecule has 0 bridgehead atoms. The van der Waals surface area contributed by atoms with E-state index in [2.05, 4.69) is 20.6 Å². The number of hydrogen-bond acceptors (Lipinski definition) is 8. The molecule has 1 saturated heterocycles. The number of allylic oxidation sites excluding steroid dienone is 2. The molecule has 0 aliphatic carbocycles. The van der Waals surface area contributed by atoms with Gasteiger partial charge in [0, 0.05) is 20.1 Å². The van der Waals surface area contributed by atoms with Crippen LogP contribution < -0.4 is 10.6 Å². The lowest BCUT2D eigenvalue weighted by molar-refractivity contribution is -0.116. The van der Waals surface area contributed by atoms with Gasteiger partial charge in [-0.05, 0) is 51.7 Å². The molecule has 2 aromatic heterocycles. The number of thiophene rings is 1. The number of amides is 2. The Labute approximate surface area is 190 Å². The lowest BCUT2D eigenvalue weighted by Gasteiger charge is -2.46. The van der Waals surface area contributed by atoms with E-state index in [9.17, 15) is 9.59 Å². The summed E-state index contributed by atoms with van der Waals surface area (Å²) in [6.07, 6.45) is 5.50. The van der Waals surface area contributed by atoms with Crippen LogP contribution in [0.2, 0.25) is 0 Å². The van der Waals surface area contributed by atoms with Crippen molar-refractivity contribution in [1.82, 2.24) is 30.0 Å². The van der Waals surface area contributed by atoms with Gasteiger partial charge in [0.15, 0.2) is 0 Å². The van der Waals surface area contributed by atoms with Crippen molar-refractivity contribution in [2.75, 3.05) is 39.5 Å². The summed E-state index contributed by atoms with van der Waals surface area (Å²) in [5, 5.41) is 7.22. The predicted octanol–water partition coefficient (Wildman–Crippen LogP) is 1.95. The van der Waals surface area contributed by atoms with Crippen LogP contribution >= 0.6 is 11.3 Å². The van der Waals surface area contributed by atoms with Crippen molar-refractivity contribution in [3.63, 3.8) is 0 Å². The van der Waals surface area contributed by atoms with Gasteiger partial charge in [-0.2, -0.15) is 0 Å². The minimum atomic E-state index is -0.482. The second-order valence-electron chi connectivity index (χ2n) is 8.76. The van der Waals surface area contributed by atoms with Crippen molar-refractivity contribution in [2.24, 2.45) is 0 Å². The topological polar surface area (TPSA) is 93.7 Å². The van der Waals surface area contributed by atoms with Gasteiger partial charge in [-0.3, -0.25) is 9.59 Å². The molecule has 2 aromatic rings. The Hall–Kier alpha value is -3.24. The first-order valence-electron chi connectivity index (χ1n) is 10.4. The molecule has 9 nitrogen and oxygen atoms in total. The molecular weight excluding hydrogens is 426 g/mol. The van der Waals surface area contributed by atoms with Gasteiger partial charge in [-0.15, -0.1) is 11.3 Å². The smallest absolute Gasteiger partial charge is 0.270 e. The van der Waals surface area contributed by atoms with Gasteiger partial charge in [0.2, 0.25) is 0 Å². The third-order valence-electron chi connectivity index (χ3n) is 5.96. The molecular formula is C22H25N7O2S.